The van der Waals surface area contributed by atoms with Crippen molar-refractivity contribution in [2.75, 3.05) is 7.11 Å². The number of rotatable bonds is 5. The van der Waals surface area contributed by atoms with Gasteiger partial charge in [-0.05, 0) is 26.2 Å². The molecule has 2 rings (SSSR count). The summed E-state index contributed by atoms with van der Waals surface area (Å²) < 4.78 is 7.22. The summed E-state index contributed by atoms with van der Waals surface area (Å²) in [5.74, 6) is 1.35. The second kappa shape index (κ2) is 6.42. The standard InChI is InChI=1S/C15H26N2O2/c1-11(2)17-15(14(19-3)10-16-17)13(18)9-12-7-5-4-6-8-12/h10-13,18H,4-9H2,1-3H3. The third-order valence-corrected chi connectivity index (χ3v) is 4.10. The summed E-state index contributed by atoms with van der Waals surface area (Å²) in [5.41, 5.74) is 0.836. The van der Waals surface area contributed by atoms with Crippen LogP contribution in [0.5, 0.6) is 5.75 Å². The Kier molecular flexibility index (Phi) is 4.86. The van der Waals surface area contributed by atoms with Gasteiger partial charge < -0.3 is 9.84 Å². The van der Waals surface area contributed by atoms with Crippen LogP contribution in [0.3, 0.4) is 0 Å². The van der Waals surface area contributed by atoms with Crippen LogP contribution in [0.25, 0.3) is 0 Å². The lowest BCUT2D eigenvalue weighted by Crippen LogP contribution is -2.16. The number of aliphatic hydroxyl groups excluding tert-OH is 1. The van der Waals surface area contributed by atoms with Crippen molar-refractivity contribution >= 4 is 0 Å². The molecule has 1 saturated carbocycles. The molecule has 0 radical (unpaired) electrons. The monoisotopic (exact) mass is 266 g/mol. The number of hydrogen-bond acceptors (Lipinski definition) is 3. The summed E-state index contributed by atoms with van der Waals surface area (Å²) in [4.78, 5) is 0. The van der Waals surface area contributed by atoms with Gasteiger partial charge in [0.15, 0.2) is 5.75 Å². The highest BCUT2D eigenvalue weighted by molar-refractivity contribution is 5.27. The predicted octanol–water partition coefficient (Wildman–Crippen LogP) is 3.48. The highest BCUT2D eigenvalue weighted by Crippen LogP contribution is 2.35. The van der Waals surface area contributed by atoms with Crippen LogP contribution < -0.4 is 4.74 Å². The Morgan fingerprint density at radius 3 is 2.63 bits per heavy atom. The van der Waals surface area contributed by atoms with Crippen LogP contribution in [0.15, 0.2) is 6.20 Å². The second-order valence-electron chi connectivity index (χ2n) is 5.89. The van der Waals surface area contributed by atoms with E-state index in [2.05, 4.69) is 18.9 Å². The minimum atomic E-state index is -0.469. The number of ether oxygens (including phenoxy) is 1. The van der Waals surface area contributed by atoms with E-state index in [1.165, 1.54) is 32.1 Å². The fraction of sp³-hybridized carbons (Fsp3) is 0.800. The Morgan fingerprint density at radius 2 is 2.05 bits per heavy atom. The van der Waals surface area contributed by atoms with Crippen LogP contribution in [0.4, 0.5) is 0 Å². The lowest BCUT2D eigenvalue weighted by Gasteiger charge is -2.25. The van der Waals surface area contributed by atoms with Gasteiger partial charge in [-0.1, -0.05) is 32.1 Å². The maximum absolute atomic E-state index is 10.6. The molecule has 108 valence electrons. The molecule has 1 aromatic heterocycles. The van der Waals surface area contributed by atoms with Crippen LogP contribution in [-0.4, -0.2) is 22.0 Å². The molecule has 1 aromatic rings. The van der Waals surface area contributed by atoms with Crippen LogP contribution in [0, 0.1) is 5.92 Å². The van der Waals surface area contributed by atoms with E-state index in [-0.39, 0.29) is 6.04 Å². The molecule has 1 heterocycles. The van der Waals surface area contributed by atoms with E-state index in [1.807, 2.05) is 4.68 Å². The van der Waals surface area contributed by atoms with E-state index in [0.717, 1.165) is 12.1 Å². The van der Waals surface area contributed by atoms with Gasteiger partial charge in [0, 0.05) is 6.04 Å². The van der Waals surface area contributed by atoms with E-state index in [1.54, 1.807) is 13.3 Å². The smallest absolute Gasteiger partial charge is 0.162 e. The summed E-state index contributed by atoms with van der Waals surface area (Å²) in [6.45, 7) is 4.15. The first-order valence-electron chi connectivity index (χ1n) is 7.43. The van der Waals surface area contributed by atoms with Crippen molar-refractivity contribution in [2.45, 2.75) is 64.5 Å². The molecular weight excluding hydrogens is 240 g/mol. The molecule has 0 aliphatic heterocycles. The van der Waals surface area contributed by atoms with Crippen molar-refractivity contribution < 1.29 is 9.84 Å². The van der Waals surface area contributed by atoms with E-state index in [0.29, 0.717) is 11.7 Å². The second-order valence-corrected chi connectivity index (χ2v) is 5.89. The summed E-state index contributed by atoms with van der Waals surface area (Å²) in [6.07, 6.45) is 8.51. The van der Waals surface area contributed by atoms with Crippen molar-refractivity contribution in [3.63, 3.8) is 0 Å². The molecule has 1 aliphatic rings. The molecule has 0 bridgehead atoms. The first kappa shape index (κ1) is 14.4. The third kappa shape index (κ3) is 3.30. The van der Waals surface area contributed by atoms with E-state index < -0.39 is 6.10 Å². The minimum Gasteiger partial charge on any atom is -0.493 e. The summed E-state index contributed by atoms with van der Waals surface area (Å²) in [6, 6.07) is 0.236. The number of hydrogen-bond donors (Lipinski definition) is 1. The third-order valence-electron chi connectivity index (χ3n) is 4.10. The van der Waals surface area contributed by atoms with E-state index >= 15 is 0 Å². The fourth-order valence-electron chi connectivity index (χ4n) is 3.09. The number of methoxy groups -OCH3 is 1. The highest BCUT2D eigenvalue weighted by atomic mass is 16.5. The maximum atomic E-state index is 10.6. The number of aliphatic hydroxyl groups is 1. The van der Waals surface area contributed by atoms with Crippen molar-refractivity contribution in [2.24, 2.45) is 5.92 Å². The molecular formula is C15H26N2O2. The van der Waals surface area contributed by atoms with E-state index in [4.69, 9.17) is 4.74 Å². The van der Waals surface area contributed by atoms with Gasteiger partial charge >= 0.3 is 0 Å². The van der Waals surface area contributed by atoms with Crippen LogP contribution in [0.1, 0.15) is 70.2 Å². The molecule has 1 aliphatic carbocycles. The molecule has 0 spiro atoms. The average Bonchev–Trinajstić information content (AvgIpc) is 2.83. The fourth-order valence-corrected chi connectivity index (χ4v) is 3.09. The van der Waals surface area contributed by atoms with Gasteiger partial charge in [-0.15, -0.1) is 0 Å². The highest BCUT2D eigenvalue weighted by Gasteiger charge is 2.25. The van der Waals surface area contributed by atoms with Gasteiger partial charge in [0.1, 0.15) is 5.69 Å². The summed E-state index contributed by atoms with van der Waals surface area (Å²) in [7, 11) is 1.64. The van der Waals surface area contributed by atoms with Crippen molar-refractivity contribution in [3.8, 4) is 5.75 Å². The molecule has 0 amide bonds. The number of aromatic nitrogens is 2. The van der Waals surface area contributed by atoms with Gasteiger partial charge in [-0.25, -0.2) is 0 Å². The normalized spacial score (nSPS) is 18.8. The van der Waals surface area contributed by atoms with Crippen LogP contribution in [0.2, 0.25) is 0 Å². The molecule has 0 saturated heterocycles. The molecule has 19 heavy (non-hydrogen) atoms. The molecule has 1 atom stereocenters. The first-order chi connectivity index (χ1) is 9.13. The van der Waals surface area contributed by atoms with E-state index in [9.17, 15) is 5.11 Å². The van der Waals surface area contributed by atoms with Gasteiger partial charge in [-0.2, -0.15) is 5.10 Å². The molecule has 1 N–H and O–H groups in total. The zero-order chi connectivity index (χ0) is 13.8. The first-order valence-corrected chi connectivity index (χ1v) is 7.43. The quantitative estimate of drug-likeness (QED) is 0.887. The Labute approximate surface area is 115 Å². The van der Waals surface area contributed by atoms with Crippen molar-refractivity contribution in [1.29, 1.82) is 0 Å². The largest absolute Gasteiger partial charge is 0.493 e. The van der Waals surface area contributed by atoms with Gasteiger partial charge in [0.25, 0.3) is 0 Å². The average molecular weight is 266 g/mol. The number of nitrogens with zero attached hydrogens (tertiary/aromatic N) is 2. The summed E-state index contributed by atoms with van der Waals surface area (Å²) in [5, 5.41) is 14.9. The van der Waals surface area contributed by atoms with Gasteiger partial charge in [0.2, 0.25) is 0 Å². The molecule has 4 heteroatoms. The lowest BCUT2D eigenvalue weighted by molar-refractivity contribution is 0.118. The predicted molar refractivity (Wildman–Crippen MR) is 75.3 cm³/mol. The van der Waals surface area contributed by atoms with Crippen molar-refractivity contribution in [3.05, 3.63) is 11.9 Å². The maximum Gasteiger partial charge on any atom is 0.162 e. The Balaban J connectivity index is 2.12. The SMILES string of the molecule is COc1cnn(C(C)C)c1C(O)CC1CCCCC1. The lowest BCUT2D eigenvalue weighted by atomic mass is 9.85. The van der Waals surface area contributed by atoms with Crippen LogP contribution in [-0.2, 0) is 0 Å². The topological polar surface area (TPSA) is 47.3 Å². The molecule has 1 unspecified atom stereocenters. The van der Waals surface area contributed by atoms with Gasteiger partial charge in [-0.3, -0.25) is 4.68 Å². The molecule has 4 nitrogen and oxygen atoms in total. The van der Waals surface area contributed by atoms with Crippen LogP contribution >= 0.6 is 0 Å². The molecule has 1 fully saturated rings. The van der Waals surface area contributed by atoms with Crippen molar-refractivity contribution in [1.82, 2.24) is 9.78 Å². The zero-order valence-corrected chi connectivity index (χ0v) is 12.3. The molecule has 0 aromatic carbocycles. The Morgan fingerprint density at radius 1 is 1.37 bits per heavy atom. The van der Waals surface area contributed by atoms with Gasteiger partial charge in [0.05, 0.1) is 19.4 Å². The zero-order valence-electron chi connectivity index (χ0n) is 12.3. The summed E-state index contributed by atoms with van der Waals surface area (Å²) >= 11 is 0. The minimum absolute atomic E-state index is 0.236. The Hall–Kier alpha value is -1.03. The Bertz CT molecular complexity index is 395.